The maximum atomic E-state index is 14.3. The Balaban J connectivity index is 1.20. The number of rotatable bonds is 7. The van der Waals surface area contributed by atoms with Crippen LogP contribution in [-0.4, -0.2) is 89.3 Å². The molecule has 1 aromatic carbocycles. The minimum Gasteiger partial charge on any atom is -0.492 e. The number of pyridine rings is 1. The fourth-order valence-corrected chi connectivity index (χ4v) is 4.92. The van der Waals surface area contributed by atoms with E-state index in [0.717, 1.165) is 50.2 Å². The first-order valence-corrected chi connectivity index (χ1v) is 13.1. The van der Waals surface area contributed by atoms with Crippen molar-refractivity contribution < 1.29 is 18.7 Å². The Kier molecular flexibility index (Phi) is 8.18. The highest BCUT2D eigenvalue weighted by Gasteiger charge is 2.26. The van der Waals surface area contributed by atoms with Crippen LogP contribution in [0.15, 0.2) is 53.6 Å². The number of hydrogen-bond donors (Lipinski definition) is 0. The van der Waals surface area contributed by atoms with Crippen molar-refractivity contribution in [2.75, 3.05) is 63.9 Å². The van der Waals surface area contributed by atoms with Gasteiger partial charge in [-0.15, -0.1) is 0 Å². The first-order chi connectivity index (χ1) is 18.9. The lowest BCUT2D eigenvalue weighted by molar-refractivity contribution is -0.130. The maximum Gasteiger partial charge on any atom is 0.255 e. The smallest absolute Gasteiger partial charge is 0.255 e. The summed E-state index contributed by atoms with van der Waals surface area (Å²) in [6, 6.07) is 10.7. The molecule has 2 aliphatic rings. The lowest BCUT2D eigenvalue weighted by atomic mass is 10.1. The molecule has 0 radical (unpaired) electrons. The van der Waals surface area contributed by atoms with Gasteiger partial charge < -0.3 is 19.3 Å². The van der Waals surface area contributed by atoms with Crippen LogP contribution in [0.1, 0.15) is 18.6 Å². The Morgan fingerprint density at radius 3 is 2.62 bits per heavy atom. The van der Waals surface area contributed by atoms with Gasteiger partial charge in [0.25, 0.3) is 5.56 Å². The number of anilines is 1. The number of carbonyl (C=O) groups excluding carboxylic acids is 1. The zero-order chi connectivity index (χ0) is 27.4. The average Bonchev–Trinajstić information content (AvgIpc) is 2.95. The van der Waals surface area contributed by atoms with Crippen LogP contribution in [-0.2, 0) is 16.6 Å². The summed E-state index contributed by atoms with van der Waals surface area (Å²) >= 11 is 0. The van der Waals surface area contributed by atoms with E-state index < -0.39 is 5.82 Å². The largest absolute Gasteiger partial charge is 0.492 e. The predicted octanol–water partition coefficient (Wildman–Crippen LogP) is 2.10. The summed E-state index contributed by atoms with van der Waals surface area (Å²) in [5.41, 5.74) is 1.24. The zero-order valence-electron chi connectivity index (χ0n) is 22.3. The highest BCUT2D eigenvalue weighted by molar-refractivity contribution is 5.73. The summed E-state index contributed by atoms with van der Waals surface area (Å²) in [5, 5.41) is 0. The Hall–Kier alpha value is -3.83. The third kappa shape index (κ3) is 6.26. The van der Waals surface area contributed by atoms with E-state index in [4.69, 9.17) is 9.47 Å². The van der Waals surface area contributed by atoms with Gasteiger partial charge in [0.2, 0.25) is 11.9 Å². The SMILES string of the molecule is CC(=O)N1CCN(CCOc2ccc([C@H]3CN(c4nc(-c5ccncc5F)cc(=O)n4C)CCO3)cc2)CC1. The van der Waals surface area contributed by atoms with E-state index in [1.807, 2.05) is 34.1 Å². The minimum atomic E-state index is -0.526. The van der Waals surface area contributed by atoms with Gasteiger partial charge >= 0.3 is 0 Å². The predicted molar refractivity (Wildman–Crippen MR) is 144 cm³/mol. The van der Waals surface area contributed by atoms with Crippen molar-refractivity contribution in [2.24, 2.45) is 7.05 Å². The van der Waals surface area contributed by atoms with Gasteiger partial charge in [0.05, 0.1) is 25.0 Å². The average molecular weight is 537 g/mol. The minimum absolute atomic E-state index is 0.130. The third-order valence-electron chi connectivity index (χ3n) is 7.25. The van der Waals surface area contributed by atoms with Crippen LogP contribution >= 0.6 is 0 Å². The summed E-state index contributed by atoms with van der Waals surface area (Å²) in [7, 11) is 1.66. The summed E-state index contributed by atoms with van der Waals surface area (Å²) < 4.78 is 27.8. The van der Waals surface area contributed by atoms with E-state index in [0.29, 0.717) is 32.3 Å². The van der Waals surface area contributed by atoms with Crippen LogP contribution < -0.4 is 15.2 Å². The molecule has 2 saturated heterocycles. The van der Waals surface area contributed by atoms with Gasteiger partial charge in [0.15, 0.2) is 5.82 Å². The van der Waals surface area contributed by atoms with Gasteiger partial charge in [-0.25, -0.2) is 9.37 Å². The fourth-order valence-electron chi connectivity index (χ4n) is 4.92. The molecule has 0 spiro atoms. The van der Waals surface area contributed by atoms with E-state index in [1.54, 1.807) is 14.0 Å². The number of benzene rings is 1. The molecule has 0 N–H and O–H groups in total. The third-order valence-corrected chi connectivity index (χ3v) is 7.25. The normalized spacial score (nSPS) is 18.3. The second kappa shape index (κ2) is 11.9. The highest BCUT2D eigenvalue weighted by Crippen LogP contribution is 2.28. The molecular weight excluding hydrogens is 503 g/mol. The molecule has 206 valence electrons. The highest BCUT2D eigenvalue weighted by atomic mass is 19.1. The van der Waals surface area contributed by atoms with Crippen molar-refractivity contribution >= 4 is 11.9 Å². The molecule has 1 atom stereocenters. The molecule has 0 saturated carbocycles. The molecule has 3 aromatic rings. The van der Waals surface area contributed by atoms with Crippen LogP contribution in [0.4, 0.5) is 10.3 Å². The lowest BCUT2D eigenvalue weighted by Gasteiger charge is -2.34. The molecule has 2 aliphatic heterocycles. The Morgan fingerprint density at radius 1 is 1.13 bits per heavy atom. The number of hydrogen-bond acceptors (Lipinski definition) is 8. The topological polar surface area (TPSA) is 93.0 Å². The first-order valence-electron chi connectivity index (χ1n) is 13.1. The number of morpholine rings is 1. The quantitative estimate of drug-likeness (QED) is 0.454. The van der Waals surface area contributed by atoms with Gasteiger partial charge in [0, 0.05) is 71.1 Å². The number of carbonyl (C=O) groups is 1. The van der Waals surface area contributed by atoms with Crippen molar-refractivity contribution in [3.05, 3.63) is 70.5 Å². The van der Waals surface area contributed by atoms with Crippen molar-refractivity contribution in [3.8, 4) is 17.0 Å². The number of halogens is 1. The molecule has 4 heterocycles. The van der Waals surface area contributed by atoms with E-state index in [1.165, 1.54) is 22.9 Å². The molecule has 0 aliphatic carbocycles. The zero-order valence-corrected chi connectivity index (χ0v) is 22.3. The van der Waals surface area contributed by atoms with E-state index in [9.17, 15) is 14.0 Å². The monoisotopic (exact) mass is 536 g/mol. The Morgan fingerprint density at radius 2 is 1.90 bits per heavy atom. The summed E-state index contributed by atoms with van der Waals surface area (Å²) in [6.07, 6.45) is 2.37. The molecule has 39 heavy (non-hydrogen) atoms. The molecule has 2 aromatic heterocycles. The molecule has 5 rings (SSSR count). The number of piperazine rings is 1. The summed E-state index contributed by atoms with van der Waals surface area (Å²) in [6.45, 7) is 7.75. The Bertz CT molecular complexity index is 1360. The van der Waals surface area contributed by atoms with Crippen molar-refractivity contribution in [2.45, 2.75) is 13.0 Å². The van der Waals surface area contributed by atoms with Gasteiger partial charge in [-0.05, 0) is 23.8 Å². The summed E-state index contributed by atoms with van der Waals surface area (Å²) in [5.74, 6) is 0.850. The Labute approximate surface area is 226 Å². The van der Waals surface area contributed by atoms with Crippen LogP contribution in [0, 0.1) is 5.82 Å². The second-order valence-electron chi connectivity index (χ2n) is 9.76. The van der Waals surface area contributed by atoms with Crippen molar-refractivity contribution in [1.82, 2.24) is 24.3 Å². The molecular formula is C28H33FN6O4. The van der Waals surface area contributed by atoms with Crippen LogP contribution in [0.25, 0.3) is 11.3 Å². The van der Waals surface area contributed by atoms with Gasteiger partial charge in [-0.2, -0.15) is 0 Å². The van der Waals surface area contributed by atoms with Crippen LogP contribution in [0.5, 0.6) is 5.75 Å². The van der Waals surface area contributed by atoms with E-state index in [2.05, 4.69) is 14.9 Å². The summed E-state index contributed by atoms with van der Waals surface area (Å²) in [4.78, 5) is 38.8. The van der Waals surface area contributed by atoms with Crippen LogP contribution in [0.3, 0.4) is 0 Å². The standard InChI is InChI=1S/C28H33FN6O4/c1-20(36)34-11-9-33(10-12-34)13-15-38-22-5-3-21(4-6-22)26-19-35(14-16-39-26)28-31-25(17-27(37)32(28)2)23-7-8-30-18-24(23)29/h3-8,17-18,26H,9-16,19H2,1-2H3/t26-/m1/s1. The molecule has 1 amide bonds. The van der Waals surface area contributed by atoms with E-state index in [-0.39, 0.29) is 28.8 Å². The number of aromatic nitrogens is 3. The van der Waals surface area contributed by atoms with Crippen molar-refractivity contribution in [1.29, 1.82) is 0 Å². The maximum absolute atomic E-state index is 14.3. The lowest BCUT2D eigenvalue weighted by Crippen LogP contribution is -2.48. The van der Waals surface area contributed by atoms with Gasteiger partial charge in [-0.1, -0.05) is 12.1 Å². The first kappa shape index (κ1) is 26.8. The molecule has 2 fully saturated rings. The van der Waals surface area contributed by atoms with Crippen LogP contribution in [0.2, 0.25) is 0 Å². The van der Waals surface area contributed by atoms with E-state index >= 15 is 0 Å². The number of nitrogens with zero attached hydrogens (tertiary/aromatic N) is 6. The molecule has 0 unspecified atom stereocenters. The molecule has 10 nitrogen and oxygen atoms in total. The van der Waals surface area contributed by atoms with Gasteiger partial charge in [0.1, 0.15) is 18.5 Å². The number of ether oxygens (including phenoxy) is 2. The second-order valence-corrected chi connectivity index (χ2v) is 9.76. The molecule has 11 heteroatoms. The fraction of sp³-hybridized carbons (Fsp3) is 0.429. The van der Waals surface area contributed by atoms with Crippen molar-refractivity contribution in [3.63, 3.8) is 0 Å². The number of amides is 1. The van der Waals surface area contributed by atoms with Gasteiger partial charge in [-0.3, -0.25) is 24.0 Å². The molecule has 0 bridgehead atoms.